The molecule has 5 rings (SSSR count). The summed E-state index contributed by atoms with van der Waals surface area (Å²) in [5.74, 6) is 1.91. The second kappa shape index (κ2) is 10.6. The summed E-state index contributed by atoms with van der Waals surface area (Å²) in [5.41, 5.74) is 2.15. The number of fused-ring (bicyclic) bond motifs is 2. The molecule has 0 bridgehead atoms. The number of hydrogen-bond donors (Lipinski definition) is 1. The Morgan fingerprint density at radius 1 is 1.08 bits per heavy atom. The molecule has 0 fully saturated rings. The molecule has 2 heterocycles. The van der Waals surface area contributed by atoms with Crippen molar-refractivity contribution in [1.29, 1.82) is 0 Å². The van der Waals surface area contributed by atoms with Gasteiger partial charge in [-0.3, -0.25) is 14.5 Å². The lowest BCUT2D eigenvalue weighted by Crippen LogP contribution is -2.44. The van der Waals surface area contributed by atoms with Crippen LogP contribution in [0.15, 0.2) is 70.9 Å². The van der Waals surface area contributed by atoms with Gasteiger partial charge in [0.15, 0.2) is 23.0 Å². The van der Waals surface area contributed by atoms with Crippen LogP contribution in [0.5, 0.6) is 23.0 Å². The number of carbonyl (C=O) groups is 2. The van der Waals surface area contributed by atoms with Crippen LogP contribution in [0.1, 0.15) is 24.1 Å². The van der Waals surface area contributed by atoms with Crippen molar-refractivity contribution < 1.29 is 28.5 Å². The van der Waals surface area contributed by atoms with Gasteiger partial charge in [-0.25, -0.2) is 0 Å². The molecule has 2 amide bonds. The first-order valence-electron chi connectivity index (χ1n) is 11.8. The second-order valence-corrected chi connectivity index (χ2v) is 9.41. The molecule has 1 unspecified atom stereocenters. The van der Waals surface area contributed by atoms with Crippen molar-refractivity contribution in [3.63, 3.8) is 0 Å². The van der Waals surface area contributed by atoms with E-state index >= 15 is 0 Å². The van der Waals surface area contributed by atoms with Crippen molar-refractivity contribution in [3.05, 3.63) is 82.0 Å². The van der Waals surface area contributed by atoms with Crippen LogP contribution >= 0.6 is 15.9 Å². The van der Waals surface area contributed by atoms with Crippen molar-refractivity contribution in [2.75, 3.05) is 31.8 Å². The Morgan fingerprint density at radius 3 is 2.65 bits per heavy atom. The van der Waals surface area contributed by atoms with Gasteiger partial charge in [0, 0.05) is 0 Å². The SMILES string of the molecule is COc1ccc(C=C2Oc3ccccc3N(CC(=O)NC(C)c3ccc4c(c3)OCCO4)C2=O)cc1Br. The number of nitrogens with zero attached hydrogens (tertiary/aromatic N) is 1. The maximum atomic E-state index is 13.4. The van der Waals surface area contributed by atoms with Gasteiger partial charge < -0.3 is 24.3 Å². The van der Waals surface area contributed by atoms with Crippen molar-refractivity contribution in [2.24, 2.45) is 0 Å². The molecule has 9 heteroatoms. The molecule has 0 saturated carbocycles. The standard InChI is InChI=1S/C28H25BrN2O6/c1-17(19-8-10-24-25(15-19)36-12-11-35-24)30-27(32)16-31-21-5-3-4-6-23(21)37-26(28(31)33)14-18-7-9-22(34-2)20(29)13-18/h3-10,13-15,17H,11-12,16H2,1-2H3,(H,30,32). The van der Waals surface area contributed by atoms with E-state index in [0.29, 0.717) is 41.9 Å². The van der Waals surface area contributed by atoms with E-state index in [1.54, 1.807) is 37.5 Å². The zero-order valence-electron chi connectivity index (χ0n) is 20.3. The van der Waals surface area contributed by atoms with E-state index in [9.17, 15) is 9.59 Å². The average molecular weight is 565 g/mol. The smallest absolute Gasteiger partial charge is 0.294 e. The first-order valence-corrected chi connectivity index (χ1v) is 12.5. The van der Waals surface area contributed by atoms with Crippen LogP contribution in [0.4, 0.5) is 5.69 Å². The Morgan fingerprint density at radius 2 is 1.86 bits per heavy atom. The highest BCUT2D eigenvalue weighted by atomic mass is 79.9. The lowest BCUT2D eigenvalue weighted by molar-refractivity contribution is -0.123. The Kier molecular flexibility index (Phi) is 7.05. The first-order chi connectivity index (χ1) is 17.9. The topological polar surface area (TPSA) is 86.3 Å². The number of amides is 2. The van der Waals surface area contributed by atoms with Crippen LogP contribution in [0.2, 0.25) is 0 Å². The third-order valence-corrected chi connectivity index (χ3v) is 6.67. The third kappa shape index (κ3) is 5.27. The van der Waals surface area contributed by atoms with Crippen LogP contribution in [0.3, 0.4) is 0 Å². The van der Waals surface area contributed by atoms with Gasteiger partial charge in [0.05, 0.1) is 23.3 Å². The maximum Gasteiger partial charge on any atom is 0.294 e. The minimum atomic E-state index is -0.409. The van der Waals surface area contributed by atoms with Gasteiger partial charge in [0.1, 0.15) is 25.5 Å². The molecule has 1 N–H and O–H groups in total. The van der Waals surface area contributed by atoms with E-state index in [1.807, 2.05) is 43.3 Å². The van der Waals surface area contributed by atoms with Crippen LogP contribution < -0.4 is 29.2 Å². The van der Waals surface area contributed by atoms with E-state index in [2.05, 4.69) is 21.2 Å². The minimum absolute atomic E-state index is 0.114. The van der Waals surface area contributed by atoms with E-state index in [4.69, 9.17) is 18.9 Å². The summed E-state index contributed by atoms with van der Waals surface area (Å²) in [6, 6.07) is 17.9. The Labute approximate surface area is 222 Å². The van der Waals surface area contributed by atoms with Gasteiger partial charge in [0.25, 0.3) is 5.91 Å². The number of methoxy groups -OCH3 is 1. The number of rotatable bonds is 6. The lowest BCUT2D eigenvalue weighted by atomic mass is 10.1. The second-order valence-electron chi connectivity index (χ2n) is 8.56. The Balaban J connectivity index is 1.35. The summed E-state index contributed by atoms with van der Waals surface area (Å²) in [4.78, 5) is 27.9. The van der Waals surface area contributed by atoms with Gasteiger partial charge in [-0.2, -0.15) is 0 Å². The first kappa shape index (κ1) is 24.7. The number of halogens is 1. The molecular formula is C28H25BrN2O6. The molecule has 0 aliphatic carbocycles. The number of carbonyl (C=O) groups excluding carboxylic acids is 2. The van der Waals surface area contributed by atoms with E-state index in [0.717, 1.165) is 15.6 Å². The fourth-order valence-electron chi connectivity index (χ4n) is 4.19. The molecule has 190 valence electrons. The Bertz CT molecular complexity index is 1390. The predicted octanol–water partition coefficient (Wildman–Crippen LogP) is 4.87. The van der Waals surface area contributed by atoms with Gasteiger partial charge in [-0.15, -0.1) is 0 Å². The minimum Gasteiger partial charge on any atom is -0.496 e. The molecule has 3 aromatic carbocycles. The molecule has 0 aromatic heterocycles. The molecule has 0 spiro atoms. The molecular weight excluding hydrogens is 540 g/mol. The normalized spacial score (nSPS) is 16.0. The van der Waals surface area contributed by atoms with Crippen LogP contribution in [-0.2, 0) is 9.59 Å². The molecule has 8 nitrogen and oxygen atoms in total. The van der Waals surface area contributed by atoms with Crippen LogP contribution in [-0.4, -0.2) is 38.7 Å². The highest BCUT2D eigenvalue weighted by Gasteiger charge is 2.32. The maximum absolute atomic E-state index is 13.4. The summed E-state index contributed by atoms with van der Waals surface area (Å²) in [6.07, 6.45) is 1.64. The fourth-order valence-corrected chi connectivity index (χ4v) is 4.74. The van der Waals surface area contributed by atoms with E-state index in [1.165, 1.54) is 4.90 Å². The quantitative estimate of drug-likeness (QED) is 0.430. The Hall–Kier alpha value is -3.98. The number of hydrogen-bond acceptors (Lipinski definition) is 6. The molecule has 3 aromatic rings. The van der Waals surface area contributed by atoms with Crippen molar-refractivity contribution in [3.8, 4) is 23.0 Å². The summed E-state index contributed by atoms with van der Waals surface area (Å²) in [6.45, 7) is 2.71. The summed E-state index contributed by atoms with van der Waals surface area (Å²) in [7, 11) is 1.58. The number of nitrogens with one attached hydrogen (secondary N) is 1. The van der Waals surface area contributed by atoms with Crippen molar-refractivity contribution in [1.82, 2.24) is 5.32 Å². The largest absolute Gasteiger partial charge is 0.496 e. The number of para-hydroxylation sites is 2. The highest BCUT2D eigenvalue weighted by Crippen LogP contribution is 2.36. The predicted molar refractivity (Wildman–Crippen MR) is 142 cm³/mol. The number of anilines is 1. The monoisotopic (exact) mass is 564 g/mol. The van der Waals surface area contributed by atoms with Gasteiger partial charge in [-0.05, 0) is 76.5 Å². The molecule has 0 saturated heterocycles. The van der Waals surface area contributed by atoms with Gasteiger partial charge in [0.2, 0.25) is 5.91 Å². The molecule has 2 aliphatic heterocycles. The summed E-state index contributed by atoms with van der Waals surface area (Å²) in [5, 5.41) is 2.98. The van der Waals surface area contributed by atoms with E-state index < -0.39 is 5.91 Å². The summed E-state index contributed by atoms with van der Waals surface area (Å²) >= 11 is 3.46. The van der Waals surface area contributed by atoms with Crippen LogP contribution in [0, 0.1) is 0 Å². The fraction of sp³-hybridized carbons (Fsp3) is 0.214. The molecule has 0 radical (unpaired) electrons. The third-order valence-electron chi connectivity index (χ3n) is 6.05. The van der Waals surface area contributed by atoms with Crippen molar-refractivity contribution in [2.45, 2.75) is 13.0 Å². The molecule has 2 aliphatic rings. The van der Waals surface area contributed by atoms with Crippen molar-refractivity contribution >= 4 is 39.5 Å². The molecule has 37 heavy (non-hydrogen) atoms. The number of ether oxygens (including phenoxy) is 4. The zero-order valence-corrected chi connectivity index (χ0v) is 21.9. The summed E-state index contributed by atoms with van der Waals surface area (Å²) < 4.78 is 23.2. The zero-order chi connectivity index (χ0) is 25.9. The van der Waals surface area contributed by atoms with E-state index in [-0.39, 0.29) is 24.3 Å². The highest BCUT2D eigenvalue weighted by molar-refractivity contribution is 9.10. The number of benzene rings is 3. The molecule has 1 atom stereocenters. The van der Waals surface area contributed by atoms with Gasteiger partial charge >= 0.3 is 0 Å². The lowest BCUT2D eigenvalue weighted by Gasteiger charge is -2.30. The van der Waals surface area contributed by atoms with Crippen LogP contribution in [0.25, 0.3) is 6.08 Å². The average Bonchev–Trinajstić information content (AvgIpc) is 2.90. The van der Waals surface area contributed by atoms with Gasteiger partial charge in [-0.1, -0.05) is 24.3 Å².